The Morgan fingerprint density at radius 2 is 0.702 bits per heavy atom. The van der Waals surface area contributed by atoms with Crippen LogP contribution in [0.5, 0.6) is 0 Å². The number of aromatic nitrogens is 9. The van der Waals surface area contributed by atoms with E-state index < -0.39 is 114 Å². The third kappa shape index (κ3) is 28.3. The van der Waals surface area contributed by atoms with Crippen molar-refractivity contribution in [1.82, 2.24) is 66.2 Å². The van der Waals surface area contributed by atoms with Crippen LogP contribution < -0.4 is 27.0 Å². The predicted octanol–water partition coefficient (Wildman–Crippen LogP) is 1.56. The first-order chi connectivity index (χ1) is 59.8. The Bertz CT molecular complexity index is 3370. The SMILES string of the molecule is CC(=O)N[C@H]1[C@H]2OC[C@@](OOCCOCCOCCCCCn3cc(COCC(COCc4cn(CCCCCOCCOCCOO[C@]56CO[C@@H](O5)[C@H](NC(C)=O)[C@H]5OC(C)(C)O[C@H]56)nn4)(COCc4cn(CCCCCOCCOCCOO[C@]56CO[C@@H](O5)[C@H](NC(C)=O)[C@H]5OC(C)(C)O[C@H]56)nn4)NC(=O)CCCCCN)nn3)(O2)[C@@H]2OC(C)(C)O[C@H]12. The lowest BCUT2D eigenvalue weighted by molar-refractivity contribution is -0.450. The number of rotatable bonds is 63. The van der Waals surface area contributed by atoms with Gasteiger partial charge < -0.3 is 126 Å². The molecule has 0 spiro atoms. The standard InChI is InChI=1S/C79H130N14O31/c1-54(94)81-61-64-67(116-73(4,5)113-64)77(51-107-70(61)119-77)122-110-39-36-101-33-30-98-27-19-11-16-24-91-42-57(85-88-91)45-104-48-76(84-60(97)22-14-10-15-23-80,49-105-46-58-43-92(89-86-58)25-17-12-20-28-99-31-34-102-37-40-111-123-78-52-108-71(120-78)62(82-55(2)95)65-68(78)117-74(6,7)114-65)50-106-47-59-44-93(90-87-59)26-18-13-21-29-100-32-35-103-38-41-112-124-79-53-109-72(121-79)63(83-56(3)96)66-69(79)118-75(8,9)115-66/h42-44,61-72H,10-41,45-53,80H2,1-9H3,(H,81,94)(H,82,95)(H,83,96)(H,84,97)/t61-,62-,63-,64-,65-,66-,67-,68-,69-,70+,71+,72+,77+,78+,79+/m1/s1. The second kappa shape index (κ2) is 47.1. The van der Waals surface area contributed by atoms with Crippen LogP contribution in [0.2, 0.25) is 0 Å². The van der Waals surface area contributed by atoms with Crippen molar-refractivity contribution in [2.24, 2.45) is 5.73 Å². The van der Waals surface area contributed by atoms with E-state index in [9.17, 15) is 19.2 Å². The molecule has 9 fully saturated rings. The highest BCUT2D eigenvalue weighted by Crippen LogP contribution is 2.50. The summed E-state index contributed by atoms with van der Waals surface area (Å²) in [6, 6.07) is -1.75. The van der Waals surface area contributed by atoms with Gasteiger partial charge in [-0.25, -0.2) is 14.7 Å². The lowest BCUT2D eigenvalue weighted by atomic mass is 9.96. The summed E-state index contributed by atoms with van der Waals surface area (Å²) in [5.41, 5.74) is 6.43. The van der Waals surface area contributed by atoms with E-state index in [0.717, 1.165) is 70.6 Å². The van der Waals surface area contributed by atoms with E-state index in [1.165, 1.54) is 20.8 Å². The Hall–Kier alpha value is -5.82. The number of carbonyl (C=O) groups excluding carboxylic acids is 4. The Morgan fingerprint density at radius 1 is 0.395 bits per heavy atom. The van der Waals surface area contributed by atoms with Gasteiger partial charge in [-0.1, -0.05) is 22.1 Å². The maximum atomic E-state index is 14.0. The molecular formula is C79H130N14O31. The number of hydrogen-bond acceptors (Lipinski definition) is 38. The van der Waals surface area contributed by atoms with E-state index in [0.29, 0.717) is 109 Å². The zero-order valence-electron chi connectivity index (χ0n) is 72.9. The molecule has 3 aromatic heterocycles. The number of aryl methyl sites for hydroxylation is 3. The topological polar surface area (TPSA) is 484 Å². The van der Waals surface area contributed by atoms with Crippen molar-refractivity contribution < 1.29 is 148 Å². The molecule has 6 N–H and O–H groups in total. The van der Waals surface area contributed by atoms with Crippen molar-refractivity contribution in [3.63, 3.8) is 0 Å². The lowest BCUT2D eigenvalue weighted by Gasteiger charge is -2.40. The highest BCUT2D eigenvalue weighted by Gasteiger charge is 2.71. The quantitative estimate of drug-likeness (QED) is 0.0304. The van der Waals surface area contributed by atoms with Crippen molar-refractivity contribution in [3.8, 4) is 0 Å². The van der Waals surface area contributed by atoms with Crippen LogP contribution in [0.15, 0.2) is 18.6 Å². The summed E-state index contributed by atoms with van der Waals surface area (Å²) in [6.07, 6.45) is 9.39. The van der Waals surface area contributed by atoms with Gasteiger partial charge in [0.1, 0.15) is 117 Å². The zero-order chi connectivity index (χ0) is 87.5. The smallest absolute Gasteiger partial charge is 0.256 e. The average molecular weight is 1770 g/mol. The second-order valence-corrected chi connectivity index (χ2v) is 33.5. The lowest BCUT2D eigenvalue weighted by Crippen LogP contribution is -2.64. The average Bonchev–Trinajstić information content (AvgIpc) is 1.58. The molecule has 0 radical (unpaired) electrons. The first-order valence-corrected chi connectivity index (χ1v) is 43.4. The number of nitrogens with zero attached hydrogens (tertiary/aromatic N) is 9. The van der Waals surface area contributed by atoms with Crippen molar-refractivity contribution >= 4 is 23.6 Å². The molecule has 0 saturated carbocycles. The molecule has 3 aromatic rings. The van der Waals surface area contributed by atoms with Gasteiger partial charge in [0.15, 0.2) is 36.2 Å². The van der Waals surface area contributed by atoms with E-state index in [1.807, 2.05) is 18.6 Å². The van der Waals surface area contributed by atoms with Gasteiger partial charge in [0.05, 0.1) is 118 Å². The van der Waals surface area contributed by atoms with Gasteiger partial charge in [0.2, 0.25) is 23.6 Å². The van der Waals surface area contributed by atoms with Gasteiger partial charge in [-0.3, -0.25) is 33.2 Å². The number of carbonyl (C=O) groups is 4. The fraction of sp³-hybridized carbons (Fsp3) is 0.873. The number of hydrogen-bond donors (Lipinski definition) is 5. The molecule has 0 aromatic carbocycles. The molecule has 124 heavy (non-hydrogen) atoms. The summed E-state index contributed by atoms with van der Waals surface area (Å²) in [5.74, 6) is -7.87. The Kier molecular flexibility index (Phi) is 37.0. The molecular weight excluding hydrogens is 1640 g/mol. The molecule has 12 rings (SSSR count). The van der Waals surface area contributed by atoms with Crippen LogP contribution in [0.3, 0.4) is 0 Å². The second-order valence-electron chi connectivity index (χ2n) is 33.5. The minimum Gasteiger partial charge on any atom is -0.379 e. The third-order valence-corrected chi connectivity index (χ3v) is 21.4. The first-order valence-electron chi connectivity index (χ1n) is 43.4. The Labute approximate surface area is 721 Å². The molecule has 4 amide bonds. The Balaban J connectivity index is 0.540. The first kappa shape index (κ1) is 97.2. The van der Waals surface area contributed by atoms with Crippen molar-refractivity contribution in [3.05, 3.63) is 35.7 Å². The van der Waals surface area contributed by atoms with Crippen LogP contribution in [-0.2, 0) is 187 Å². The molecule has 15 atom stereocenters. The predicted molar refractivity (Wildman–Crippen MR) is 420 cm³/mol. The van der Waals surface area contributed by atoms with Crippen LogP contribution in [-0.4, -0.2) is 328 Å². The molecule has 0 unspecified atom stereocenters. The van der Waals surface area contributed by atoms with Crippen molar-refractivity contribution in [2.45, 2.75) is 299 Å². The fourth-order valence-electron chi connectivity index (χ4n) is 15.9. The third-order valence-electron chi connectivity index (χ3n) is 21.4. The molecule has 702 valence electrons. The maximum absolute atomic E-state index is 14.0. The summed E-state index contributed by atoms with van der Waals surface area (Å²) in [6.45, 7) is 22.6. The summed E-state index contributed by atoms with van der Waals surface area (Å²) in [5, 5.41) is 38.1. The molecule has 45 nitrogen and oxygen atoms in total. The van der Waals surface area contributed by atoms with E-state index in [-0.39, 0.29) is 129 Å². The Morgan fingerprint density at radius 3 is 1.02 bits per heavy atom. The monoisotopic (exact) mass is 1770 g/mol. The molecule has 9 aliphatic heterocycles. The molecule has 9 aliphatic rings. The number of fused-ring (bicyclic) bond motifs is 12. The van der Waals surface area contributed by atoms with Gasteiger partial charge in [-0.05, 0) is 119 Å². The highest BCUT2D eigenvalue weighted by molar-refractivity contribution is 5.77. The minimum atomic E-state index is -1.37. The van der Waals surface area contributed by atoms with Gasteiger partial charge >= 0.3 is 0 Å². The van der Waals surface area contributed by atoms with E-state index in [4.69, 9.17) is 135 Å². The normalized spacial score (nSPS) is 28.4. The van der Waals surface area contributed by atoms with Gasteiger partial charge in [0, 0.05) is 66.6 Å². The van der Waals surface area contributed by atoms with Gasteiger partial charge in [0.25, 0.3) is 17.4 Å². The largest absolute Gasteiger partial charge is 0.379 e. The number of nitrogens with one attached hydrogen (secondary N) is 4. The van der Waals surface area contributed by atoms with Gasteiger partial charge in [-0.2, -0.15) is 14.7 Å². The summed E-state index contributed by atoms with van der Waals surface area (Å²) in [4.78, 5) is 83.7. The summed E-state index contributed by atoms with van der Waals surface area (Å²) < 4.78 is 132. The molecule has 12 heterocycles. The van der Waals surface area contributed by atoms with Crippen LogP contribution in [0.1, 0.15) is 163 Å². The zero-order valence-corrected chi connectivity index (χ0v) is 72.9. The van der Waals surface area contributed by atoms with Crippen LogP contribution in [0.25, 0.3) is 0 Å². The highest BCUT2D eigenvalue weighted by atomic mass is 17.3. The van der Waals surface area contributed by atoms with Crippen LogP contribution >= 0.6 is 0 Å². The number of nitrogens with two attached hydrogens (primary N) is 1. The molecule has 9 saturated heterocycles. The minimum absolute atomic E-state index is 0.0133. The maximum Gasteiger partial charge on any atom is 0.256 e. The van der Waals surface area contributed by atoms with Crippen molar-refractivity contribution in [2.75, 3.05) is 145 Å². The van der Waals surface area contributed by atoms with Crippen LogP contribution in [0, 0.1) is 0 Å². The summed E-state index contributed by atoms with van der Waals surface area (Å²) >= 11 is 0. The van der Waals surface area contributed by atoms with Crippen molar-refractivity contribution in [1.29, 1.82) is 0 Å². The van der Waals surface area contributed by atoms with E-state index in [2.05, 4.69) is 52.2 Å². The van der Waals surface area contributed by atoms with E-state index >= 15 is 0 Å². The fourth-order valence-corrected chi connectivity index (χ4v) is 15.9. The number of ether oxygens (including phenoxy) is 21. The van der Waals surface area contributed by atoms with E-state index in [1.54, 1.807) is 55.6 Å². The molecule has 6 bridgehead atoms. The van der Waals surface area contributed by atoms with Gasteiger partial charge in [-0.15, -0.1) is 15.3 Å². The molecule has 45 heteroatoms. The number of unbranched alkanes of at least 4 members (excludes halogenated alkanes) is 8. The molecule has 0 aliphatic carbocycles. The van der Waals surface area contributed by atoms with Crippen LogP contribution in [0.4, 0.5) is 0 Å². The number of amides is 4. The summed E-state index contributed by atoms with van der Waals surface area (Å²) in [7, 11) is 0.